The third kappa shape index (κ3) is 0.935. The first-order chi connectivity index (χ1) is 5.29. The first-order valence-electron chi connectivity index (χ1n) is 3.80. The van der Waals surface area contributed by atoms with Crippen molar-refractivity contribution in [3.63, 3.8) is 0 Å². The molecule has 0 saturated carbocycles. The molecule has 2 rings (SSSR count). The summed E-state index contributed by atoms with van der Waals surface area (Å²) in [5.74, 6) is 0.907. The van der Waals surface area contributed by atoms with Crippen molar-refractivity contribution in [2.45, 2.75) is 13.3 Å². The summed E-state index contributed by atoms with van der Waals surface area (Å²) in [5, 5.41) is 0. The number of hydrogen-bond donors (Lipinski definition) is 0. The molecule has 54 valence electrons. The maximum Gasteiger partial charge on any atom is 0.119 e. The Labute approximate surface area is 67.8 Å². The number of fused-ring (bicyclic) bond motifs is 1. The van der Waals surface area contributed by atoms with Crippen LogP contribution >= 0.6 is 0 Å². The SMILES string of the molecule is [B]c1c(C)ccc2c1OCC2. The van der Waals surface area contributed by atoms with Crippen LogP contribution in [0, 0.1) is 6.92 Å². The molecule has 0 atom stereocenters. The number of ether oxygens (including phenoxy) is 1. The van der Waals surface area contributed by atoms with E-state index in [4.69, 9.17) is 12.6 Å². The van der Waals surface area contributed by atoms with Crippen LogP contribution in [0.1, 0.15) is 11.1 Å². The maximum atomic E-state index is 5.81. The molecule has 1 aliphatic rings. The van der Waals surface area contributed by atoms with E-state index in [9.17, 15) is 0 Å². The lowest BCUT2D eigenvalue weighted by molar-refractivity contribution is 0.359. The van der Waals surface area contributed by atoms with Gasteiger partial charge >= 0.3 is 0 Å². The molecule has 0 bridgehead atoms. The van der Waals surface area contributed by atoms with Crippen molar-refractivity contribution < 1.29 is 4.74 Å². The Morgan fingerprint density at radius 3 is 3.09 bits per heavy atom. The molecule has 0 fully saturated rings. The van der Waals surface area contributed by atoms with Crippen LogP contribution in [0.3, 0.4) is 0 Å². The van der Waals surface area contributed by atoms with Crippen LogP contribution in [0.25, 0.3) is 0 Å². The fourth-order valence-corrected chi connectivity index (χ4v) is 1.37. The molecule has 1 heterocycles. The average Bonchev–Trinajstić information content (AvgIpc) is 2.45. The summed E-state index contributed by atoms with van der Waals surface area (Å²) in [6, 6.07) is 4.14. The Morgan fingerprint density at radius 1 is 1.45 bits per heavy atom. The molecule has 1 nitrogen and oxygen atoms in total. The molecule has 1 aliphatic heterocycles. The highest BCUT2D eigenvalue weighted by Crippen LogP contribution is 2.22. The predicted octanol–water partition coefficient (Wildman–Crippen LogP) is 0.724. The monoisotopic (exact) mass is 144 g/mol. The summed E-state index contributed by atoms with van der Waals surface area (Å²) in [5.41, 5.74) is 3.15. The van der Waals surface area contributed by atoms with Gasteiger partial charge in [0.25, 0.3) is 0 Å². The van der Waals surface area contributed by atoms with Gasteiger partial charge in [-0.05, 0) is 12.5 Å². The number of rotatable bonds is 0. The van der Waals surface area contributed by atoms with Gasteiger partial charge in [-0.15, -0.1) is 0 Å². The van der Waals surface area contributed by atoms with Crippen LogP contribution in [0.4, 0.5) is 0 Å². The molecule has 11 heavy (non-hydrogen) atoms. The van der Waals surface area contributed by atoms with Crippen LogP contribution in [0.2, 0.25) is 0 Å². The molecular weight excluding hydrogens is 135 g/mol. The van der Waals surface area contributed by atoms with Crippen molar-refractivity contribution in [1.82, 2.24) is 0 Å². The van der Waals surface area contributed by atoms with E-state index in [1.807, 2.05) is 13.0 Å². The van der Waals surface area contributed by atoms with Gasteiger partial charge in [-0.3, -0.25) is 0 Å². The van der Waals surface area contributed by atoms with Gasteiger partial charge in [0.2, 0.25) is 0 Å². The number of aryl methyl sites for hydroxylation is 1. The average molecular weight is 144 g/mol. The van der Waals surface area contributed by atoms with Gasteiger partial charge in [0.1, 0.15) is 13.6 Å². The molecule has 2 heteroatoms. The van der Waals surface area contributed by atoms with E-state index in [1.165, 1.54) is 5.56 Å². The van der Waals surface area contributed by atoms with Crippen molar-refractivity contribution in [1.29, 1.82) is 0 Å². The lowest BCUT2D eigenvalue weighted by Crippen LogP contribution is -2.10. The lowest BCUT2D eigenvalue weighted by atomic mass is 9.88. The van der Waals surface area contributed by atoms with Gasteiger partial charge in [-0.2, -0.15) is 0 Å². The molecule has 0 N–H and O–H groups in total. The van der Waals surface area contributed by atoms with Gasteiger partial charge in [-0.1, -0.05) is 23.2 Å². The minimum absolute atomic E-state index is 0.781. The normalized spacial score (nSPS) is 14.3. The third-order valence-electron chi connectivity index (χ3n) is 2.11. The van der Waals surface area contributed by atoms with Crippen molar-refractivity contribution in [2.24, 2.45) is 0 Å². The molecule has 0 unspecified atom stereocenters. The Balaban J connectivity index is 2.62. The first-order valence-corrected chi connectivity index (χ1v) is 3.80. The summed E-state index contributed by atoms with van der Waals surface area (Å²) in [6.45, 7) is 2.78. The predicted molar refractivity (Wildman–Crippen MR) is 45.8 cm³/mol. The summed E-state index contributed by atoms with van der Waals surface area (Å²) in [7, 11) is 5.81. The second-order valence-electron chi connectivity index (χ2n) is 2.88. The molecule has 0 aliphatic carbocycles. The topological polar surface area (TPSA) is 9.23 Å². The minimum Gasteiger partial charge on any atom is -0.494 e. The molecule has 0 amide bonds. The van der Waals surface area contributed by atoms with Crippen LogP contribution in [0.5, 0.6) is 5.75 Å². The Bertz CT molecular complexity index is 294. The molecule has 0 aromatic heterocycles. The zero-order valence-electron chi connectivity index (χ0n) is 6.55. The second kappa shape index (κ2) is 2.30. The summed E-state index contributed by atoms with van der Waals surface area (Å²) in [4.78, 5) is 0. The van der Waals surface area contributed by atoms with Crippen LogP contribution in [0.15, 0.2) is 12.1 Å². The molecule has 0 saturated heterocycles. The van der Waals surface area contributed by atoms with Crippen molar-refractivity contribution >= 4 is 13.3 Å². The smallest absolute Gasteiger partial charge is 0.119 e. The summed E-state index contributed by atoms with van der Waals surface area (Å²) in [6.07, 6.45) is 1.000. The van der Waals surface area contributed by atoms with E-state index in [-0.39, 0.29) is 0 Å². The Hall–Kier alpha value is -0.915. The second-order valence-corrected chi connectivity index (χ2v) is 2.88. The van der Waals surface area contributed by atoms with Gasteiger partial charge < -0.3 is 4.74 Å². The minimum atomic E-state index is 0.781. The zero-order chi connectivity index (χ0) is 7.84. The third-order valence-corrected chi connectivity index (χ3v) is 2.11. The Kier molecular flexibility index (Phi) is 1.41. The first kappa shape index (κ1) is 6.77. The fourth-order valence-electron chi connectivity index (χ4n) is 1.37. The maximum absolute atomic E-state index is 5.81. The van der Waals surface area contributed by atoms with Gasteiger partial charge in [0.15, 0.2) is 0 Å². The number of benzene rings is 1. The van der Waals surface area contributed by atoms with E-state index < -0.39 is 0 Å². The molecule has 2 radical (unpaired) electrons. The summed E-state index contributed by atoms with van der Waals surface area (Å²) >= 11 is 0. The van der Waals surface area contributed by atoms with E-state index in [1.54, 1.807) is 0 Å². The Morgan fingerprint density at radius 2 is 2.27 bits per heavy atom. The van der Waals surface area contributed by atoms with Crippen molar-refractivity contribution in [2.75, 3.05) is 6.61 Å². The highest BCUT2D eigenvalue weighted by Gasteiger charge is 2.14. The van der Waals surface area contributed by atoms with E-state index >= 15 is 0 Å². The lowest BCUT2D eigenvalue weighted by Gasteiger charge is -2.06. The van der Waals surface area contributed by atoms with Gasteiger partial charge in [0.05, 0.1) is 6.61 Å². The van der Waals surface area contributed by atoms with Gasteiger partial charge in [-0.25, -0.2) is 0 Å². The summed E-state index contributed by atoms with van der Waals surface area (Å²) < 4.78 is 5.39. The molecule has 0 spiro atoms. The highest BCUT2D eigenvalue weighted by atomic mass is 16.5. The zero-order valence-corrected chi connectivity index (χ0v) is 6.55. The number of hydrogen-bond acceptors (Lipinski definition) is 1. The van der Waals surface area contributed by atoms with E-state index in [0.29, 0.717) is 0 Å². The highest BCUT2D eigenvalue weighted by molar-refractivity contribution is 6.35. The molecular formula is C9H9BO. The fraction of sp³-hybridized carbons (Fsp3) is 0.333. The largest absolute Gasteiger partial charge is 0.494 e. The van der Waals surface area contributed by atoms with Crippen LogP contribution < -0.4 is 10.2 Å². The van der Waals surface area contributed by atoms with Crippen LogP contribution in [-0.2, 0) is 6.42 Å². The van der Waals surface area contributed by atoms with Crippen LogP contribution in [-0.4, -0.2) is 14.5 Å². The molecule has 1 aromatic rings. The standard InChI is InChI=1S/C9H9BO/c1-6-2-3-7-4-5-11-9(7)8(6)10/h2-3H,4-5H2,1H3. The van der Waals surface area contributed by atoms with Crippen molar-refractivity contribution in [3.05, 3.63) is 23.3 Å². The molecule has 1 aromatic carbocycles. The van der Waals surface area contributed by atoms with Gasteiger partial charge in [0, 0.05) is 6.42 Å². The van der Waals surface area contributed by atoms with E-state index in [2.05, 4.69) is 6.07 Å². The van der Waals surface area contributed by atoms with Crippen molar-refractivity contribution in [3.8, 4) is 5.75 Å². The van der Waals surface area contributed by atoms with E-state index in [0.717, 1.165) is 29.8 Å². The quantitative estimate of drug-likeness (QED) is 0.487.